The van der Waals surface area contributed by atoms with E-state index in [9.17, 15) is 0 Å². The first kappa shape index (κ1) is 56.9. The van der Waals surface area contributed by atoms with Crippen molar-refractivity contribution in [2.24, 2.45) is 0 Å². The Bertz CT molecular complexity index is 4260. The van der Waals surface area contributed by atoms with Crippen LogP contribution in [0.5, 0.6) is 11.5 Å². The predicted octanol–water partition coefficient (Wildman–Crippen LogP) is 17.6. The normalized spacial score (nSPS) is 12.8. The number of para-hydroxylation sites is 1. The van der Waals surface area contributed by atoms with Gasteiger partial charge in [0.15, 0.2) is 8.07 Å². The zero-order chi connectivity index (χ0) is 58.0. The van der Waals surface area contributed by atoms with Crippen molar-refractivity contribution in [3.8, 4) is 39.6 Å². The maximum atomic E-state index is 6.90. The Kier molecular flexibility index (Phi) is 15.0. The average Bonchev–Trinajstić information content (AvgIpc) is 2.71. The molecule has 0 unspecified atom stereocenters. The molecule has 2 aromatic heterocycles. The van der Waals surface area contributed by atoms with Gasteiger partial charge in [0.05, 0.1) is 0 Å². The van der Waals surface area contributed by atoms with E-state index in [0.29, 0.717) is 11.5 Å². The van der Waals surface area contributed by atoms with Crippen molar-refractivity contribution in [1.82, 2.24) is 9.55 Å². The van der Waals surface area contributed by atoms with Crippen LogP contribution in [0.2, 0.25) is 0 Å². The van der Waals surface area contributed by atoms with Crippen LogP contribution in [-0.2, 0) is 37.3 Å². The van der Waals surface area contributed by atoms with Gasteiger partial charge < -0.3 is 19.1 Å². The van der Waals surface area contributed by atoms with E-state index < -0.39 is 8.07 Å². The summed E-state index contributed by atoms with van der Waals surface area (Å²) in [6.45, 7) is 22.7. The largest absolute Gasteiger partial charge is 0.509 e. The summed E-state index contributed by atoms with van der Waals surface area (Å²) in [5.74, 6) is 1.99. The zero-order valence-corrected chi connectivity index (χ0v) is 53.0. The third-order valence-corrected chi connectivity index (χ3v) is 21.5. The van der Waals surface area contributed by atoms with Crippen LogP contribution in [0.25, 0.3) is 49.9 Å². The van der Waals surface area contributed by atoms with Crippen LogP contribution < -0.4 is 35.3 Å². The van der Waals surface area contributed by atoms with Crippen LogP contribution in [0.3, 0.4) is 0 Å². The summed E-state index contributed by atoms with van der Waals surface area (Å²) in [6.07, 6.45) is 1.93. The first-order valence-corrected chi connectivity index (χ1v) is 31.3. The average molecular weight is 1300 g/mol. The summed E-state index contributed by atoms with van der Waals surface area (Å²) in [5, 5.41) is 7.52. The van der Waals surface area contributed by atoms with Gasteiger partial charge in [-0.25, -0.2) is 4.98 Å². The molecule has 0 bridgehead atoms. The Morgan fingerprint density at radius 1 is 0.435 bits per heavy atom. The van der Waals surface area contributed by atoms with Gasteiger partial charge in [-0.15, -0.1) is 48.1 Å². The number of anilines is 4. The Morgan fingerprint density at radius 3 is 1.61 bits per heavy atom. The van der Waals surface area contributed by atoms with E-state index >= 15 is 0 Å². The van der Waals surface area contributed by atoms with E-state index in [1.165, 1.54) is 37.4 Å². The molecule has 85 heavy (non-hydrogen) atoms. The van der Waals surface area contributed by atoms with E-state index in [0.717, 1.165) is 72.6 Å². The number of benzene rings is 10. The van der Waals surface area contributed by atoms with Crippen molar-refractivity contribution in [2.45, 2.75) is 78.6 Å². The smallest absolute Gasteiger partial charge is 0.179 e. The van der Waals surface area contributed by atoms with Gasteiger partial charge in [-0.3, -0.25) is 0 Å². The molecular formula is C78H69N4OPtSi-3. The predicted molar refractivity (Wildman–Crippen MR) is 355 cm³/mol. The molecule has 0 saturated carbocycles. The summed E-state index contributed by atoms with van der Waals surface area (Å²) < 4.78 is 9.15. The molecule has 1 aliphatic heterocycles. The minimum absolute atomic E-state index is 0. The molecule has 0 fully saturated rings. The molecule has 0 aliphatic carbocycles. The zero-order valence-electron chi connectivity index (χ0n) is 49.8. The van der Waals surface area contributed by atoms with Crippen molar-refractivity contribution >= 4 is 73.4 Å². The van der Waals surface area contributed by atoms with E-state index in [-0.39, 0.29) is 37.3 Å². The molecule has 0 atom stereocenters. The van der Waals surface area contributed by atoms with Gasteiger partial charge in [0, 0.05) is 66.9 Å². The molecule has 0 amide bonds. The van der Waals surface area contributed by atoms with Crippen LogP contribution in [0.4, 0.5) is 22.7 Å². The maximum Gasteiger partial charge on any atom is 0.179 e. The first-order chi connectivity index (χ1) is 40.5. The van der Waals surface area contributed by atoms with Crippen LogP contribution >= 0.6 is 0 Å². The summed E-state index contributed by atoms with van der Waals surface area (Å²) >= 11 is 0. The van der Waals surface area contributed by atoms with Crippen molar-refractivity contribution in [1.29, 1.82) is 0 Å². The van der Waals surface area contributed by atoms with Crippen LogP contribution in [0.15, 0.2) is 249 Å². The van der Waals surface area contributed by atoms with Gasteiger partial charge in [-0.05, 0) is 112 Å². The van der Waals surface area contributed by atoms with Crippen molar-refractivity contribution in [3.05, 3.63) is 284 Å². The summed E-state index contributed by atoms with van der Waals surface area (Å²) in [6, 6.07) is 96.1. The van der Waals surface area contributed by atoms with Gasteiger partial charge in [-0.2, -0.15) is 12.1 Å². The summed E-state index contributed by atoms with van der Waals surface area (Å²) in [5.41, 5.74) is 14.2. The molecule has 0 radical (unpaired) electrons. The number of nitrogens with zero attached hydrogens (tertiary/aromatic N) is 4. The standard InChI is InChI=1S/C78H69N4OSi.Pt/c1-76(2,3)57-43-44-79-74(50-57)82-71-42-39-56(55-27-22-36-67(45-55)84(64-30-16-11-17-31-64,65-32-18-12-19-33-65)66-34-20-13-21-35-66)46-70(71)69-41-40-63(52-73(69)82)83-62-29-23-28-60(51-62)80-53-81(61-48-58(77(4,5)6)47-59(49-61)78(7,8)9)75-68(37-24-38-72(75)80)54-25-14-10-15-26-54;/h10-50,53H,1-9H3;/q-3;. The molecule has 0 spiro atoms. The quantitative estimate of drug-likeness (QED) is 0.0734. The molecule has 12 aromatic rings. The van der Waals surface area contributed by atoms with Gasteiger partial charge in [-0.1, -0.05) is 244 Å². The number of pyridine rings is 1. The molecule has 0 N–H and O–H groups in total. The van der Waals surface area contributed by atoms with E-state index in [1.54, 1.807) is 0 Å². The number of fused-ring (bicyclic) bond motifs is 4. The minimum Gasteiger partial charge on any atom is -0.509 e. The molecule has 424 valence electrons. The van der Waals surface area contributed by atoms with Crippen LogP contribution in [0.1, 0.15) is 79.0 Å². The second-order valence-electron chi connectivity index (χ2n) is 25.4. The fourth-order valence-electron chi connectivity index (χ4n) is 12.2. The number of hydrogen-bond donors (Lipinski definition) is 0. The van der Waals surface area contributed by atoms with Gasteiger partial charge >= 0.3 is 0 Å². The van der Waals surface area contributed by atoms with E-state index in [4.69, 9.17) is 9.72 Å². The van der Waals surface area contributed by atoms with Crippen molar-refractivity contribution in [3.63, 3.8) is 0 Å². The molecule has 13 rings (SSSR count). The molecular weight excluding hydrogens is 1230 g/mol. The Hall–Kier alpha value is -8.54. The maximum absolute atomic E-state index is 6.90. The number of hydrogen-bond acceptors (Lipinski definition) is 4. The molecule has 1 aliphatic rings. The fraction of sp³-hybridized carbons (Fsp3) is 0.154. The number of rotatable bonds is 11. The van der Waals surface area contributed by atoms with E-state index in [2.05, 4.69) is 326 Å². The van der Waals surface area contributed by atoms with Gasteiger partial charge in [0.25, 0.3) is 0 Å². The molecule has 5 nitrogen and oxygen atoms in total. The monoisotopic (exact) mass is 1300 g/mol. The SMILES string of the molecule is CC(C)(C)c1cc(N2[CH-]N(c3[c-]c(Oc4[c-]c5c(cc4)c4cc(-c6cccc([Si](c7ccccc7)(c7ccccc7)c7ccccc7)c6)ccc4n5-c4cc(C(C)(C)C)ccn4)ccc3)c3cccc(-c4ccccc4)c32)cc(C(C)(C)C)c1.[Pt]. The number of ether oxygens (including phenoxy) is 1. The molecule has 3 heterocycles. The molecule has 10 aromatic carbocycles. The topological polar surface area (TPSA) is 33.5 Å². The van der Waals surface area contributed by atoms with Crippen LogP contribution in [0, 0.1) is 18.8 Å². The fourth-order valence-corrected chi connectivity index (χ4v) is 17.0. The first-order valence-electron chi connectivity index (χ1n) is 29.3. The minimum atomic E-state index is -2.78. The van der Waals surface area contributed by atoms with Crippen LogP contribution in [-0.4, -0.2) is 17.6 Å². The Morgan fingerprint density at radius 2 is 0.988 bits per heavy atom. The Labute approximate surface area is 517 Å². The van der Waals surface area contributed by atoms with Crippen molar-refractivity contribution in [2.75, 3.05) is 9.80 Å². The van der Waals surface area contributed by atoms with E-state index in [1.807, 2.05) is 18.3 Å². The molecule has 7 heteroatoms. The van der Waals surface area contributed by atoms with Gasteiger partial charge in [0.2, 0.25) is 0 Å². The second-order valence-corrected chi connectivity index (χ2v) is 29.2. The summed E-state index contributed by atoms with van der Waals surface area (Å²) in [4.78, 5) is 9.67. The number of aromatic nitrogens is 2. The second kappa shape index (κ2) is 22.5. The Balaban J connectivity index is 0.00000709. The molecule has 0 saturated heterocycles. The third kappa shape index (κ3) is 10.7. The third-order valence-electron chi connectivity index (χ3n) is 16.7. The van der Waals surface area contributed by atoms with Crippen molar-refractivity contribution < 1.29 is 25.8 Å². The summed E-state index contributed by atoms with van der Waals surface area (Å²) in [7, 11) is -2.78. The van der Waals surface area contributed by atoms with Gasteiger partial charge in [0.1, 0.15) is 5.82 Å².